The first-order chi connectivity index (χ1) is 12.4. The summed E-state index contributed by atoms with van der Waals surface area (Å²) in [7, 11) is 0. The molecule has 0 aliphatic heterocycles. The molecule has 0 aliphatic carbocycles. The van der Waals surface area contributed by atoms with Gasteiger partial charge < -0.3 is 9.88 Å². The molecule has 0 bridgehead atoms. The Kier molecular flexibility index (Phi) is 5.40. The molecule has 2 aromatic carbocycles. The van der Waals surface area contributed by atoms with Gasteiger partial charge in [-0.1, -0.05) is 35.3 Å². The number of hydrogen-bond donors (Lipinski definition) is 1. The second-order valence-corrected chi connectivity index (χ2v) is 6.41. The molecule has 4 nitrogen and oxygen atoms in total. The fourth-order valence-corrected chi connectivity index (χ4v) is 2.83. The molecule has 0 radical (unpaired) electrons. The lowest BCUT2D eigenvalue weighted by atomic mass is 10.2. The Hall–Kier alpha value is -2.63. The summed E-state index contributed by atoms with van der Waals surface area (Å²) in [4.78, 5) is 25.0. The van der Waals surface area contributed by atoms with E-state index in [4.69, 9.17) is 23.2 Å². The summed E-state index contributed by atoms with van der Waals surface area (Å²) in [6.07, 6.45) is 1.59. The molecule has 0 unspecified atom stereocenters. The van der Waals surface area contributed by atoms with Gasteiger partial charge in [0.2, 0.25) is 0 Å². The highest BCUT2D eigenvalue weighted by atomic mass is 35.5. The fourth-order valence-electron chi connectivity index (χ4n) is 2.44. The van der Waals surface area contributed by atoms with Gasteiger partial charge in [-0.25, -0.2) is 4.39 Å². The first-order valence-corrected chi connectivity index (χ1v) is 8.40. The highest BCUT2D eigenvalue weighted by molar-refractivity contribution is 6.31. The van der Waals surface area contributed by atoms with Gasteiger partial charge in [-0.05, 0) is 48.0 Å². The van der Waals surface area contributed by atoms with E-state index in [1.807, 2.05) is 6.07 Å². The molecular formula is C19H13Cl2FN2O2. The topological polar surface area (TPSA) is 51.1 Å². The smallest absolute Gasteiger partial charge is 0.263 e. The summed E-state index contributed by atoms with van der Waals surface area (Å²) in [6, 6.07) is 13.9. The third kappa shape index (κ3) is 4.12. The minimum absolute atomic E-state index is 0.0324. The second-order valence-electron chi connectivity index (χ2n) is 5.57. The molecule has 0 spiro atoms. The van der Waals surface area contributed by atoms with Gasteiger partial charge in [0.05, 0.1) is 11.6 Å². The van der Waals surface area contributed by atoms with Crippen molar-refractivity contribution in [3.05, 3.63) is 98.1 Å². The standard InChI is InChI=1S/C19H13Cl2FN2O2/c20-13-4-1-3-12(9-13)11-24-8-2-5-15(19(24)26)18(25)23-14-6-7-17(22)16(21)10-14/h1-10H,11H2,(H,23,25). The van der Waals surface area contributed by atoms with E-state index in [-0.39, 0.29) is 17.1 Å². The van der Waals surface area contributed by atoms with Crippen LogP contribution in [0.3, 0.4) is 0 Å². The minimum Gasteiger partial charge on any atom is -0.322 e. The van der Waals surface area contributed by atoms with E-state index in [1.54, 1.807) is 30.5 Å². The summed E-state index contributed by atoms with van der Waals surface area (Å²) in [5, 5.41) is 2.99. The van der Waals surface area contributed by atoms with Crippen LogP contribution >= 0.6 is 23.2 Å². The minimum atomic E-state index is -0.599. The van der Waals surface area contributed by atoms with Gasteiger partial charge in [0.1, 0.15) is 11.4 Å². The largest absolute Gasteiger partial charge is 0.322 e. The number of pyridine rings is 1. The fraction of sp³-hybridized carbons (Fsp3) is 0.0526. The zero-order valence-electron chi connectivity index (χ0n) is 13.4. The number of aromatic nitrogens is 1. The first-order valence-electron chi connectivity index (χ1n) is 7.64. The maximum Gasteiger partial charge on any atom is 0.263 e. The predicted molar refractivity (Wildman–Crippen MR) is 101 cm³/mol. The van der Waals surface area contributed by atoms with E-state index < -0.39 is 17.3 Å². The van der Waals surface area contributed by atoms with E-state index in [9.17, 15) is 14.0 Å². The predicted octanol–water partition coefficient (Wildman–Crippen LogP) is 4.59. The molecule has 0 saturated carbocycles. The number of hydrogen-bond acceptors (Lipinski definition) is 2. The van der Waals surface area contributed by atoms with Crippen LogP contribution in [0, 0.1) is 5.82 Å². The third-order valence-corrected chi connectivity index (χ3v) is 4.21. The Labute approximate surface area is 158 Å². The van der Waals surface area contributed by atoms with Crippen molar-refractivity contribution in [2.45, 2.75) is 6.54 Å². The monoisotopic (exact) mass is 390 g/mol. The molecule has 0 saturated heterocycles. The lowest BCUT2D eigenvalue weighted by Crippen LogP contribution is -2.29. The number of nitrogens with zero attached hydrogens (tertiary/aromatic N) is 1. The molecule has 1 aromatic heterocycles. The van der Waals surface area contributed by atoms with Crippen LogP contribution in [0.1, 0.15) is 15.9 Å². The lowest BCUT2D eigenvalue weighted by Gasteiger charge is -2.09. The lowest BCUT2D eigenvalue weighted by molar-refractivity contribution is 0.102. The van der Waals surface area contributed by atoms with Crippen LogP contribution in [0.5, 0.6) is 0 Å². The molecule has 0 aliphatic rings. The van der Waals surface area contributed by atoms with Crippen molar-refractivity contribution in [3.8, 4) is 0 Å². The van der Waals surface area contributed by atoms with Crippen LogP contribution in [-0.2, 0) is 6.54 Å². The van der Waals surface area contributed by atoms with Crippen molar-refractivity contribution in [1.29, 1.82) is 0 Å². The van der Waals surface area contributed by atoms with Crippen LogP contribution in [0.15, 0.2) is 65.6 Å². The second kappa shape index (κ2) is 7.72. The molecule has 1 N–H and O–H groups in total. The van der Waals surface area contributed by atoms with E-state index in [0.29, 0.717) is 10.7 Å². The van der Waals surface area contributed by atoms with Gasteiger partial charge in [0.15, 0.2) is 0 Å². The van der Waals surface area contributed by atoms with Crippen molar-refractivity contribution in [2.75, 3.05) is 5.32 Å². The van der Waals surface area contributed by atoms with Crippen LogP contribution in [0.2, 0.25) is 10.0 Å². The zero-order chi connectivity index (χ0) is 18.7. The average Bonchev–Trinajstić information content (AvgIpc) is 2.60. The number of rotatable bonds is 4. The number of anilines is 1. The van der Waals surface area contributed by atoms with E-state index >= 15 is 0 Å². The number of carbonyl (C=O) groups is 1. The van der Waals surface area contributed by atoms with Gasteiger partial charge in [-0.15, -0.1) is 0 Å². The number of amides is 1. The van der Waals surface area contributed by atoms with Gasteiger partial charge in [-0.3, -0.25) is 9.59 Å². The Morgan fingerprint density at radius 1 is 1.08 bits per heavy atom. The highest BCUT2D eigenvalue weighted by Crippen LogP contribution is 2.19. The average molecular weight is 391 g/mol. The Morgan fingerprint density at radius 3 is 2.62 bits per heavy atom. The number of nitrogens with one attached hydrogen (secondary N) is 1. The first kappa shape index (κ1) is 18.2. The molecule has 3 aromatic rings. The maximum atomic E-state index is 13.2. The van der Waals surface area contributed by atoms with Crippen molar-refractivity contribution in [1.82, 2.24) is 4.57 Å². The van der Waals surface area contributed by atoms with Crippen LogP contribution in [0.25, 0.3) is 0 Å². The molecular weight excluding hydrogens is 378 g/mol. The van der Waals surface area contributed by atoms with Crippen molar-refractivity contribution in [2.24, 2.45) is 0 Å². The van der Waals surface area contributed by atoms with Crippen LogP contribution < -0.4 is 10.9 Å². The molecule has 1 amide bonds. The van der Waals surface area contributed by atoms with E-state index in [0.717, 1.165) is 11.6 Å². The molecule has 1 heterocycles. The zero-order valence-corrected chi connectivity index (χ0v) is 14.9. The molecule has 0 atom stereocenters. The summed E-state index contributed by atoms with van der Waals surface area (Å²) >= 11 is 11.7. The molecule has 0 fully saturated rings. The maximum absolute atomic E-state index is 13.2. The SMILES string of the molecule is O=C(Nc1ccc(F)c(Cl)c1)c1cccn(Cc2cccc(Cl)c2)c1=O. The number of carbonyl (C=O) groups excluding carboxylic acids is 1. The molecule has 26 heavy (non-hydrogen) atoms. The van der Waals surface area contributed by atoms with Gasteiger partial charge in [0.25, 0.3) is 11.5 Å². The van der Waals surface area contributed by atoms with Crippen molar-refractivity contribution < 1.29 is 9.18 Å². The van der Waals surface area contributed by atoms with E-state index in [2.05, 4.69) is 5.32 Å². The number of benzene rings is 2. The quantitative estimate of drug-likeness (QED) is 0.707. The summed E-state index contributed by atoms with van der Waals surface area (Å²) in [5.41, 5.74) is 0.654. The third-order valence-electron chi connectivity index (χ3n) is 3.68. The van der Waals surface area contributed by atoms with E-state index in [1.165, 1.54) is 22.8 Å². The van der Waals surface area contributed by atoms with Crippen LogP contribution in [0.4, 0.5) is 10.1 Å². The normalized spacial score (nSPS) is 10.6. The van der Waals surface area contributed by atoms with Crippen molar-refractivity contribution >= 4 is 34.8 Å². The molecule has 132 valence electrons. The van der Waals surface area contributed by atoms with Crippen molar-refractivity contribution in [3.63, 3.8) is 0 Å². The Morgan fingerprint density at radius 2 is 1.88 bits per heavy atom. The van der Waals surface area contributed by atoms with Gasteiger partial charge in [0, 0.05) is 16.9 Å². The Balaban J connectivity index is 1.85. The van der Waals surface area contributed by atoms with Gasteiger partial charge >= 0.3 is 0 Å². The Bertz CT molecular complexity index is 1030. The number of halogens is 3. The molecule has 7 heteroatoms. The summed E-state index contributed by atoms with van der Waals surface area (Å²) < 4.78 is 14.6. The van der Waals surface area contributed by atoms with Crippen LogP contribution in [-0.4, -0.2) is 10.5 Å². The molecule has 3 rings (SSSR count). The highest BCUT2D eigenvalue weighted by Gasteiger charge is 2.13. The summed E-state index contributed by atoms with van der Waals surface area (Å²) in [6.45, 7) is 0.281. The summed E-state index contributed by atoms with van der Waals surface area (Å²) in [5.74, 6) is -1.19. The van der Waals surface area contributed by atoms with Gasteiger partial charge in [-0.2, -0.15) is 0 Å².